The molecule has 0 fully saturated rings. The van der Waals surface area contributed by atoms with E-state index in [9.17, 15) is 14.7 Å². The summed E-state index contributed by atoms with van der Waals surface area (Å²) in [6, 6.07) is 9.71. The maximum atomic E-state index is 12.3. The number of β-amino-alcohol motifs (C(OH)–C–C–N with tert-alkyl or cyclic N) is 1. The number of aliphatic hydroxyl groups excluding tert-OH is 1. The van der Waals surface area contributed by atoms with Gasteiger partial charge in [0.2, 0.25) is 5.91 Å². The van der Waals surface area contributed by atoms with Crippen molar-refractivity contribution >= 4 is 17.4 Å². The Morgan fingerprint density at radius 2 is 2.17 bits per heavy atom. The van der Waals surface area contributed by atoms with Gasteiger partial charge >= 0.3 is 0 Å². The van der Waals surface area contributed by atoms with Crippen LogP contribution in [0.25, 0.3) is 0 Å². The minimum Gasteiger partial charge on any atom is -0.371 e. The Balaban J connectivity index is 2.08. The largest absolute Gasteiger partial charge is 0.371 e. The molecule has 1 N–H and O–H groups in total. The lowest BCUT2D eigenvalue weighted by Crippen LogP contribution is -2.33. The number of amides is 1. The van der Waals surface area contributed by atoms with Crippen LogP contribution in [0.5, 0.6) is 0 Å². The van der Waals surface area contributed by atoms with Crippen LogP contribution in [0.3, 0.4) is 0 Å². The van der Waals surface area contributed by atoms with Crippen molar-refractivity contribution in [2.45, 2.75) is 12.8 Å². The van der Waals surface area contributed by atoms with Gasteiger partial charge in [-0.15, -0.1) is 0 Å². The van der Waals surface area contributed by atoms with Crippen molar-refractivity contribution in [3.63, 3.8) is 0 Å². The van der Waals surface area contributed by atoms with Crippen molar-refractivity contribution in [2.75, 3.05) is 23.4 Å². The molecule has 1 amide bonds. The minimum atomic E-state index is -0.831. The zero-order valence-electron chi connectivity index (χ0n) is 13.3. The third-order valence-electron chi connectivity index (χ3n) is 4.02. The number of nitrogens with zero attached hydrogens (tertiary/aromatic N) is 4. The van der Waals surface area contributed by atoms with Crippen molar-refractivity contribution in [1.29, 1.82) is 0 Å². The summed E-state index contributed by atoms with van der Waals surface area (Å²) in [4.78, 5) is 31.1. The maximum absolute atomic E-state index is 12.3. The van der Waals surface area contributed by atoms with Crippen LogP contribution >= 0.6 is 0 Å². The Morgan fingerprint density at radius 1 is 1.46 bits per heavy atom. The predicted molar refractivity (Wildman–Crippen MR) is 90.9 cm³/mol. The van der Waals surface area contributed by atoms with E-state index < -0.39 is 17.7 Å². The van der Waals surface area contributed by atoms with Crippen LogP contribution in [0, 0.1) is 0 Å². The van der Waals surface area contributed by atoms with Gasteiger partial charge in [-0.05, 0) is 11.6 Å². The highest BCUT2D eigenvalue weighted by atomic mass is 16.3. The normalized spacial score (nSPS) is 15.9. The number of aromatic nitrogens is 2. The predicted octanol–water partition coefficient (Wildman–Crippen LogP) is 0.903. The van der Waals surface area contributed by atoms with Gasteiger partial charge in [-0.3, -0.25) is 14.2 Å². The van der Waals surface area contributed by atoms with Crippen LogP contribution in [-0.4, -0.2) is 34.2 Å². The first-order valence-corrected chi connectivity index (χ1v) is 7.51. The molecule has 2 aromatic rings. The number of carbonyl (C=O) groups excluding carboxylic acids is 1. The number of likely N-dealkylation sites (N-methyl/N-ethyl adjacent to an activating group) is 1. The summed E-state index contributed by atoms with van der Waals surface area (Å²) in [6.07, 6.45) is 1.61. The summed E-state index contributed by atoms with van der Waals surface area (Å²) in [5.74, 6) is 0.0630. The monoisotopic (exact) mass is 326 g/mol. The smallest absolute Gasteiger partial charge is 0.298 e. The standard InChI is InChI=1S/C17H18N4O3/c1-3-13(22)19(2)15-16(24)18-11-21-14(23)10-20(17(15)21)9-12-7-5-4-6-8-12/h3-8,11,14,23H,1,9-10H2,2H3. The third kappa shape index (κ3) is 2.69. The van der Waals surface area contributed by atoms with Crippen LogP contribution in [0.4, 0.5) is 11.5 Å². The molecule has 7 heteroatoms. The zero-order valence-corrected chi connectivity index (χ0v) is 13.3. The number of aliphatic hydroxyl groups is 1. The van der Waals surface area contributed by atoms with Crippen molar-refractivity contribution in [2.24, 2.45) is 0 Å². The van der Waals surface area contributed by atoms with E-state index in [-0.39, 0.29) is 5.69 Å². The Kier molecular flexibility index (Phi) is 4.18. The summed E-state index contributed by atoms with van der Waals surface area (Å²) in [5.41, 5.74) is 0.645. The Labute approximate surface area is 139 Å². The van der Waals surface area contributed by atoms with E-state index in [0.717, 1.165) is 11.6 Å². The zero-order chi connectivity index (χ0) is 17.3. The van der Waals surface area contributed by atoms with Crippen LogP contribution in [-0.2, 0) is 11.3 Å². The van der Waals surface area contributed by atoms with E-state index in [1.807, 2.05) is 35.2 Å². The molecule has 1 aliphatic rings. The van der Waals surface area contributed by atoms with Gasteiger partial charge in [0.1, 0.15) is 12.1 Å². The van der Waals surface area contributed by atoms with Crippen molar-refractivity contribution in [3.8, 4) is 0 Å². The molecule has 0 saturated carbocycles. The summed E-state index contributed by atoms with van der Waals surface area (Å²) < 4.78 is 1.51. The van der Waals surface area contributed by atoms with Crippen molar-refractivity contribution in [1.82, 2.24) is 9.55 Å². The van der Waals surface area contributed by atoms with Gasteiger partial charge in [0, 0.05) is 13.6 Å². The molecule has 24 heavy (non-hydrogen) atoms. The Hall–Kier alpha value is -2.93. The molecule has 0 bridgehead atoms. The molecule has 2 heterocycles. The topological polar surface area (TPSA) is 78.7 Å². The lowest BCUT2D eigenvalue weighted by Gasteiger charge is -2.24. The first kappa shape index (κ1) is 15.9. The average molecular weight is 326 g/mol. The quantitative estimate of drug-likeness (QED) is 0.845. The van der Waals surface area contributed by atoms with Gasteiger partial charge in [-0.1, -0.05) is 36.9 Å². The molecule has 1 unspecified atom stereocenters. The molecule has 0 aliphatic carbocycles. The Bertz CT molecular complexity index is 831. The molecule has 7 nitrogen and oxygen atoms in total. The molecule has 1 aliphatic heterocycles. The minimum absolute atomic E-state index is 0.134. The van der Waals surface area contributed by atoms with E-state index in [1.54, 1.807) is 0 Å². The summed E-state index contributed by atoms with van der Waals surface area (Å²) in [6.45, 7) is 4.26. The van der Waals surface area contributed by atoms with E-state index >= 15 is 0 Å². The fourth-order valence-electron chi connectivity index (χ4n) is 2.83. The lowest BCUT2D eigenvalue weighted by molar-refractivity contribution is -0.113. The molecular formula is C17H18N4O3. The van der Waals surface area contributed by atoms with Gasteiger partial charge in [-0.25, -0.2) is 0 Å². The first-order chi connectivity index (χ1) is 11.5. The fourth-order valence-corrected chi connectivity index (χ4v) is 2.83. The highest BCUT2D eigenvalue weighted by molar-refractivity contribution is 6.02. The average Bonchev–Trinajstić information content (AvgIpc) is 2.90. The molecule has 3 rings (SSSR count). The molecule has 0 radical (unpaired) electrons. The lowest BCUT2D eigenvalue weighted by atomic mass is 10.2. The van der Waals surface area contributed by atoms with Gasteiger partial charge in [-0.2, -0.15) is 4.98 Å². The second-order valence-corrected chi connectivity index (χ2v) is 5.58. The molecule has 0 spiro atoms. The number of hydrogen-bond donors (Lipinski definition) is 1. The molecule has 124 valence electrons. The van der Waals surface area contributed by atoms with Gasteiger partial charge in [0.15, 0.2) is 11.9 Å². The summed E-state index contributed by atoms with van der Waals surface area (Å²) in [5, 5.41) is 10.3. The number of anilines is 2. The van der Waals surface area contributed by atoms with E-state index in [0.29, 0.717) is 18.9 Å². The van der Waals surface area contributed by atoms with Crippen molar-refractivity contribution < 1.29 is 9.90 Å². The SMILES string of the molecule is C=CC(=O)N(C)c1c2n(cnc1=O)C(O)CN2Cc1ccccc1. The number of rotatable bonds is 4. The number of benzene rings is 1. The van der Waals surface area contributed by atoms with Crippen LogP contribution in [0.2, 0.25) is 0 Å². The van der Waals surface area contributed by atoms with Gasteiger partial charge in [0.05, 0.1) is 6.54 Å². The maximum Gasteiger partial charge on any atom is 0.298 e. The fraction of sp³-hybridized carbons (Fsp3) is 0.235. The van der Waals surface area contributed by atoms with Gasteiger partial charge < -0.3 is 14.9 Å². The molecular weight excluding hydrogens is 308 g/mol. The second-order valence-electron chi connectivity index (χ2n) is 5.58. The summed E-state index contributed by atoms with van der Waals surface area (Å²) in [7, 11) is 1.49. The van der Waals surface area contributed by atoms with Crippen LogP contribution in [0.1, 0.15) is 11.8 Å². The number of carbonyl (C=O) groups is 1. The molecule has 1 aromatic carbocycles. The third-order valence-corrected chi connectivity index (χ3v) is 4.02. The second kappa shape index (κ2) is 6.29. The van der Waals surface area contributed by atoms with E-state index in [2.05, 4.69) is 11.6 Å². The van der Waals surface area contributed by atoms with E-state index in [4.69, 9.17) is 0 Å². The van der Waals surface area contributed by atoms with E-state index in [1.165, 1.54) is 22.8 Å². The molecule has 1 atom stereocenters. The van der Waals surface area contributed by atoms with Crippen LogP contribution < -0.4 is 15.4 Å². The first-order valence-electron chi connectivity index (χ1n) is 7.51. The highest BCUT2D eigenvalue weighted by Crippen LogP contribution is 2.34. The summed E-state index contributed by atoms with van der Waals surface area (Å²) >= 11 is 0. The van der Waals surface area contributed by atoms with Crippen LogP contribution in [0.15, 0.2) is 54.1 Å². The number of fused-ring (bicyclic) bond motifs is 1. The highest BCUT2D eigenvalue weighted by Gasteiger charge is 2.32. The Morgan fingerprint density at radius 3 is 2.83 bits per heavy atom. The molecule has 0 saturated heterocycles. The van der Waals surface area contributed by atoms with Crippen molar-refractivity contribution in [3.05, 3.63) is 65.2 Å². The van der Waals surface area contributed by atoms with Gasteiger partial charge in [0.25, 0.3) is 5.56 Å². The number of hydrogen-bond acceptors (Lipinski definition) is 5. The molecule has 1 aromatic heterocycles.